The SMILES string of the molecule is CC(C)NCc1nc(N2CCS(=O)(=O)CC2)ccc1Cl. The molecular weight excluding hydrogens is 298 g/mol. The molecule has 0 spiro atoms. The van der Waals surface area contributed by atoms with Crippen LogP contribution >= 0.6 is 11.6 Å². The molecule has 1 aromatic rings. The lowest BCUT2D eigenvalue weighted by Crippen LogP contribution is -2.40. The second-order valence-corrected chi connectivity index (χ2v) is 7.98. The van der Waals surface area contributed by atoms with Gasteiger partial charge < -0.3 is 10.2 Å². The van der Waals surface area contributed by atoms with Crippen molar-refractivity contribution in [1.29, 1.82) is 0 Å². The van der Waals surface area contributed by atoms with E-state index in [1.807, 2.05) is 17.0 Å². The lowest BCUT2D eigenvalue weighted by molar-refractivity contribution is 0.579. The fourth-order valence-corrected chi connectivity index (χ4v) is 3.39. The molecule has 0 radical (unpaired) electrons. The molecule has 0 unspecified atom stereocenters. The molecule has 0 aliphatic carbocycles. The lowest BCUT2D eigenvalue weighted by Gasteiger charge is -2.28. The Kier molecular flexibility index (Phi) is 4.88. The highest BCUT2D eigenvalue weighted by atomic mass is 35.5. The van der Waals surface area contributed by atoms with Crippen molar-refractivity contribution >= 4 is 27.3 Å². The highest BCUT2D eigenvalue weighted by Crippen LogP contribution is 2.21. The summed E-state index contributed by atoms with van der Waals surface area (Å²) in [6.07, 6.45) is 0. The third-order valence-corrected chi connectivity index (χ3v) is 5.20. The van der Waals surface area contributed by atoms with E-state index in [1.165, 1.54) is 0 Å². The Bertz CT molecular complexity index is 561. The largest absolute Gasteiger partial charge is 0.355 e. The summed E-state index contributed by atoms with van der Waals surface area (Å²) in [7, 11) is -2.87. The molecule has 0 bridgehead atoms. The van der Waals surface area contributed by atoms with Gasteiger partial charge in [0.2, 0.25) is 0 Å². The van der Waals surface area contributed by atoms with Gasteiger partial charge in [0.05, 0.1) is 22.2 Å². The van der Waals surface area contributed by atoms with Crippen LogP contribution < -0.4 is 10.2 Å². The molecule has 1 aliphatic heterocycles. The summed E-state index contributed by atoms with van der Waals surface area (Å²) >= 11 is 6.15. The minimum Gasteiger partial charge on any atom is -0.355 e. The van der Waals surface area contributed by atoms with E-state index in [4.69, 9.17) is 11.6 Å². The highest BCUT2D eigenvalue weighted by molar-refractivity contribution is 7.91. The maximum Gasteiger partial charge on any atom is 0.153 e. The number of anilines is 1. The fraction of sp³-hybridized carbons (Fsp3) is 0.615. The van der Waals surface area contributed by atoms with E-state index < -0.39 is 9.84 Å². The third-order valence-electron chi connectivity index (χ3n) is 3.25. The van der Waals surface area contributed by atoms with E-state index in [-0.39, 0.29) is 11.5 Å². The van der Waals surface area contributed by atoms with E-state index in [0.717, 1.165) is 11.5 Å². The average molecular weight is 318 g/mol. The Morgan fingerprint density at radius 1 is 1.35 bits per heavy atom. The zero-order valence-corrected chi connectivity index (χ0v) is 13.3. The van der Waals surface area contributed by atoms with Crippen molar-refractivity contribution in [2.75, 3.05) is 29.5 Å². The van der Waals surface area contributed by atoms with E-state index in [0.29, 0.717) is 30.7 Å². The van der Waals surface area contributed by atoms with E-state index in [9.17, 15) is 8.42 Å². The van der Waals surface area contributed by atoms with Crippen molar-refractivity contribution < 1.29 is 8.42 Å². The molecule has 20 heavy (non-hydrogen) atoms. The molecule has 112 valence electrons. The Hall–Kier alpha value is -0.850. The van der Waals surface area contributed by atoms with Crippen LogP contribution in [0.15, 0.2) is 12.1 Å². The zero-order chi connectivity index (χ0) is 14.8. The summed E-state index contributed by atoms with van der Waals surface area (Å²) < 4.78 is 22.9. The second kappa shape index (κ2) is 6.28. The second-order valence-electron chi connectivity index (χ2n) is 5.27. The van der Waals surface area contributed by atoms with Gasteiger partial charge in [-0.15, -0.1) is 0 Å². The van der Waals surface area contributed by atoms with Gasteiger partial charge in [0.15, 0.2) is 9.84 Å². The summed E-state index contributed by atoms with van der Waals surface area (Å²) in [5.41, 5.74) is 0.797. The number of pyridine rings is 1. The van der Waals surface area contributed by atoms with E-state index >= 15 is 0 Å². The zero-order valence-electron chi connectivity index (χ0n) is 11.8. The molecule has 1 aliphatic rings. The standard InChI is InChI=1S/C13H20ClN3O2S/c1-10(2)15-9-12-11(14)3-4-13(16-12)17-5-7-20(18,19)8-6-17/h3-4,10,15H,5-9H2,1-2H3. The molecule has 0 saturated carbocycles. The predicted molar refractivity (Wildman–Crippen MR) is 82.1 cm³/mol. The van der Waals surface area contributed by atoms with Gasteiger partial charge in [-0.1, -0.05) is 25.4 Å². The highest BCUT2D eigenvalue weighted by Gasteiger charge is 2.22. The van der Waals surface area contributed by atoms with E-state index in [1.54, 1.807) is 0 Å². The summed E-state index contributed by atoms with van der Waals surface area (Å²) in [4.78, 5) is 6.55. The first-order valence-corrected chi connectivity index (χ1v) is 8.91. The van der Waals surface area contributed by atoms with Crippen molar-refractivity contribution in [2.24, 2.45) is 0 Å². The van der Waals surface area contributed by atoms with Crippen LogP contribution in [0.4, 0.5) is 5.82 Å². The van der Waals surface area contributed by atoms with Crippen molar-refractivity contribution in [3.8, 4) is 0 Å². The van der Waals surface area contributed by atoms with Crippen LogP contribution in [0.1, 0.15) is 19.5 Å². The molecule has 1 N–H and O–H groups in total. The number of aromatic nitrogens is 1. The first-order chi connectivity index (χ1) is 9.37. The molecule has 1 fully saturated rings. The van der Waals surface area contributed by atoms with Crippen molar-refractivity contribution in [3.63, 3.8) is 0 Å². The Morgan fingerprint density at radius 3 is 2.60 bits per heavy atom. The first kappa shape index (κ1) is 15.5. The Labute approximate surface area is 125 Å². The number of hydrogen-bond donors (Lipinski definition) is 1. The Balaban J connectivity index is 2.11. The summed E-state index contributed by atoms with van der Waals surface area (Å²) in [5, 5.41) is 3.92. The van der Waals surface area contributed by atoms with Gasteiger partial charge in [0, 0.05) is 25.7 Å². The van der Waals surface area contributed by atoms with Crippen LogP contribution in [-0.4, -0.2) is 44.0 Å². The van der Waals surface area contributed by atoms with Gasteiger partial charge >= 0.3 is 0 Å². The van der Waals surface area contributed by atoms with Crippen molar-refractivity contribution in [3.05, 3.63) is 22.8 Å². The molecular formula is C13H20ClN3O2S. The van der Waals surface area contributed by atoms with Gasteiger partial charge in [-0.2, -0.15) is 0 Å². The maximum absolute atomic E-state index is 11.4. The minimum atomic E-state index is -2.87. The summed E-state index contributed by atoms with van der Waals surface area (Å²) in [6, 6.07) is 4.03. The summed E-state index contributed by atoms with van der Waals surface area (Å²) in [5.74, 6) is 1.18. The monoisotopic (exact) mass is 317 g/mol. The number of halogens is 1. The Morgan fingerprint density at radius 2 is 2.00 bits per heavy atom. The molecule has 2 heterocycles. The number of sulfone groups is 1. The van der Waals surface area contributed by atoms with Crippen LogP contribution in [0.25, 0.3) is 0 Å². The predicted octanol–water partition coefficient (Wildman–Crippen LogP) is 1.47. The topological polar surface area (TPSA) is 62.3 Å². The molecule has 5 nitrogen and oxygen atoms in total. The molecule has 0 atom stereocenters. The lowest BCUT2D eigenvalue weighted by atomic mass is 10.3. The minimum absolute atomic E-state index is 0.191. The summed E-state index contributed by atoms with van der Waals surface area (Å²) in [6.45, 7) is 5.72. The molecule has 0 aromatic carbocycles. The number of nitrogens with zero attached hydrogens (tertiary/aromatic N) is 2. The van der Waals surface area contributed by atoms with Crippen LogP contribution in [0.3, 0.4) is 0 Å². The van der Waals surface area contributed by atoms with Gasteiger partial charge in [-0.05, 0) is 12.1 Å². The molecule has 1 saturated heterocycles. The van der Waals surface area contributed by atoms with Crippen molar-refractivity contribution in [2.45, 2.75) is 26.4 Å². The quantitative estimate of drug-likeness (QED) is 0.911. The average Bonchev–Trinajstić information content (AvgIpc) is 2.38. The van der Waals surface area contributed by atoms with E-state index in [2.05, 4.69) is 24.1 Å². The smallest absolute Gasteiger partial charge is 0.153 e. The van der Waals surface area contributed by atoms with Crippen LogP contribution in [0.5, 0.6) is 0 Å². The fourth-order valence-electron chi connectivity index (χ4n) is 2.02. The molecule has 7 heteroatoms. The van der Waals surface area contributed by atoms with Crippen molar-refractivity contribution in [1.82, 2.24) is 10.3 Å². The van der Waals surface area contributed by atoms with Gasteiger partial charge in [-0.25, -0.2) is 13.4 Å². The van der Waals surface area contributed by atoms with Gasteiger partial charge in [-0.3, -0.25) is 0 Å². The molecule has 2 rings (SSSR count). The third kappa shape index (κ3) is 4.07. The maximum atomic E-state index is 11.4. The molecule has 1 aromatic heterocycles. The molecule has 0 amide bonds. The van der Waals surface area contributed by atoms with Crippen LogP contribution in [-0.2, 0) is 16.4 Å². The number of hydrogen-bond acceptors (Lipinski definition) is 5. The van der Waals surface area contributed by atoms with Crippen LogP contribution in [0, 0.1) is 0 Å². The first-order valence-electron chi connectivity index (χ1n) is 6.71. The normalized spacial score (nSPS) is 18.5. The van der Waals surface area contributed by atoms with Gasteiger partial charge in [0.1, 0.15) is 5.82 Å². The number of rotatable bonds is 4. The van der Waals surface area contributed by atoms with Gasteiger partial charge in [0.25, 0.3) is 0 Å². The van der Waals surface area contributed by atoms with Crippen LogP contribution in [0.2, 0.25) is 5.02 Å². The number of nitrogens with one attached hydrogen (secondary N) is 1.